The Hall–Kier alpha value is -2.05. The number of benzene rings is 2. The quantitative estimate of drug-likeness (QED) is 0.716. The number of phenolic OH excluding ortho intramolecular Hbond substituents is 1. The number of aliphatic carboxylic acids is 1. The summed E-state index contributed by atoms with van der Waals surface area (Å²) in [6, 6.07) is 10.0. The first kappa shape index (κ1) is 17.3. The molecule has 0 saturated carbocycles. The largest absolute Gasteiger partial charge is 0.504 e. The summed E-state index contributed by atoms with van der Waals surface area (Å²) in [5, 5.41) is 22.0. The Morgan fingerprint density at radius 3 is 2.48 bits per heavy atom. The summed E-state index contributed by atoms with van der Waals surface area (Å²) in [6.07, 6.45) is 0. The molecule has 0 aliphatic heterocycles. The number of carboxylic acid groups (broad SMARTS) is 1. The molecule has 1 unspecified atom stereocenters. The number of phenols is 1. The van der Waals surface area contributed by atoms with Gasteiger partial charge in [-0.15, -0.1) is 0 Å². The van der Waals surface area contributed by atoms with Crippen molar-refractivity contribution in [1.29, 1.82) is 0 Å². The zero-order chi connectivity index (χ0) is 17.0. The molecular formula is C17H18BrNO4. The van der Waals surface area contributed by atoms with E-state index in [2.05, 4.69) is 21.2 Å². The standard InChI is InChI=1S/C17H18BrNO4/c1-10-3-5-11(6-4-10)9-23-16-13(18)7-12(8-14(16)20)15(19-2)17(21)22/h3-8,15,19-20H,9H2,1-2H3,(H,21,22). The van der Waals surface area contributed by atoms with Crippen molar-refractivity contribution in [3.63, 3.8) is 0 Å². The van der Waals surface area contributed by atoms with E-state index in [4.69, 9.17) is 9.84 Å². The molecule has 5 nitrogen and oxygen atoms in total. The molecule has 23 heavy (non-hydrogen) atoms. The first-order chi connectivity index (χ1) is 10.9. The molecule has 6 heteroatoms. The van der Waals surface area contributed by atoms with E-state index in [-0.39, 0.29) is 11.5 Å². The maximum Gasteiger partial charge on any atom is 0.325 e. The van der Waals surface area contributed by atoms with Gasteiger partial charge in [0.2, 0.25) is 0 Å². The summed E-state index contributed by atoms with van der Waals surface area (Å²) in [5.41, 5.74) is 2.57. The van der Waals surface area contributed by atoms with Gasteiger partial charge in [-0.25, -0.2) is 0 Å². The number of carboxylic acids is 1. The zero-order valence-corrected chi connectivity index (χ0v) is 14.4. The lowest BCUT2D eigenvalue weighted by Gasteiger charge is -2.16. The first-order valence-electron chi connectivity index (χ1n) is 7.03. The van der Waals surface area contributed by atoms with Crippen LogP contribution in [0.4, 0.5) is 0 Å². The van der Waals surface area contributed by atoms with E-state index in [9.17, 15) is 9.90 Å². The highest BCUT2D eigenvalue weighted by Gasteiger charge is 2.21. The van der Waals surface area contributed by atoms with Crippen LogP contribution >= 0.6 is 15.9 Å². The number of aromatic hydroxyl groups is 1. The second-order valence-corrected chi connectivity index (χ2v) is 6.04. The van der Waals surface area contributed by atoms with Gasteiger partial charge in [-0.2, -0.15) is 0 Å². The molecule has 0 fully saturated rings. The molecule has 0 spiro atoms. The van der Waals surface area contributed by atoms with Crippen molar-refractivity contribution in [1.82, 2.24) is 5.32 Å². The maximum atomic E-state index is 11.2. The van der Waals surface area contributed by atoms with Gasteiger partial charge in [0.1, 0.15) is 12.6 Å². The van der Waals surface area contributed by atoms with Gasteiger partial charge in [0.15, 0.2) is 11.5 Å². The van der Waals surface area contributed by atoms with Crippen LogP contribution in [-0.4, -0.2) is 23.2 Å². The number of carbonyl (C=O) groups is 1. The number of rotatable bonds is 6. The lowest BCUT2D eigenvalue weighted by molar-refractivity contribution is -0.139. The van der Waals surface area contributed by atoms with Crippen LogP contribution in [0.15, 0.2) is 40.9 Å². The highest BCUT2D eigenvalue weighted by molar-refractivity contribution is 9.10. The van der Waals surface area contributed by atoms with E-state index in [1.165, 1.54) is 6.07 Å². The molecule has 2 aromatic carbocycles. The number of hydrogen-bond acceptors (Lipinski definition) is 4. The number of likely N-dealkylation sites (N-methyl/N-ethyl adjacent to an activating group) is 1. The molecule has 1 atom stereocenters. The monoisotopic (exact) mass is 379 g/mol. The molecule has 0 aliphatic carbocycles. The fourth-order valence-electron chi connectivity index (χ4n) is 2.18. The Morgan fingerprint density at radius 2 is 1.96 bits per heavy atom. The van der Waals surface area contributed by atoms with E-state index in [1.807, 2.05) is 31.2 Å². The van der Waals surface area contributed by atoms with E-state index in [1.54, 1.807) is 13.1 Å². The second kappa shape index (κ2) is 7.48. The van der Waals surface area contributed by atoms with Gasteiger partial charge in [0.25, 0.3) is 0 Å². The van der Waals surface area contributed by atoms with Crippen LogP contribution in [0.2, 0.25) is 0 Å². The zero-order valence-electron chi connectivity index (χ0n) is 12.8. The van der Waals surface area contributed by atoms with Gasteiger partial charge in [-0.3, -0.25) is 4.79 Å². The number of hydrogen-bond donors (Lipinski definition) is 3. The molecule has 2 rings (SSSR count). The Bertz CT molecular complexity index is 677. The summed E-state index contributed by atoms with van der Waals surface area (Å²) in [5.74, 6) is -0.843. The van der Waals surface area contributed by atoms with Crippen molar-refractivity contribution in [2.45, 2.75) is 19.6 Å². The van der Waals surface area contributed by atoms with Gasteiger partial charge >= 0.3 is 5.97 Å². The lowest BCUT2D eigenvalue weighted by Crippen LogP contribution is -2.24. The Morgan fingerprint density at radius 1 is 1.30 bits per heavy atom. The maximum absolute atomic E-state index is 11.2. The molecule has 122 valence electrons. The second-order valence-electron chi connectivity index (χ2n) is 5.19. The van der Waals surface area contributed by atoms with Crippen LogP contribution in [-0.2, 0) is 11.4 Å². The SMILES string of the molecule is CNC(C(=O)O)c1cc(O)c(OCc2ccc(C)cc2)c(Br)c1. The predicted molar refractivity (Wildman–Crippen MR) is 90.8 cm³/mol. The summed E-state index contributed by atoms with van der Waals surface area (Å²) < 4.78 is 6.16. The molecule has 0 saturated heterocycles. The van der Waals surface area contributed by atoms with Crippen molar-refractivity contribution >= 4 is 21.9 Å². The van der Waals surface area contributed by atoms with Crippen LogP contribution in [0.1, 0.15) is 22.7 Å². The number of halogens is 1. The van der Waals surface area contributed by atoms with Gasteiger partial charge in [-0.1, -0.05) is 29.8 Å². The van der Waals surface area contributed by atoms with Crippen LogP contribution < -0.4 is 10.1 Å². The summed E-state index contributed by atoms with van der Waals surface area (Å²) in [7, 11) is 1.55. The predicted octanol–water partition coefficient (Wildman–Crippen LogP) is 3.39. The van der Waals surface area contributed by atoms with Crippen LogP contribution in [0.5, 0.6) is 11.5 Å². The van der Waals surface area contributed by atoms with Gasteiger partial charge in [-0.05, 0) is 53.2 Å². The third kappa shape index (κ3) is 4.24. The van der Waals surface area contributed by atoms with Crippen LogP contribution in [0, 0.1) is 6.92 Å². The summed E-state index contributed by atoms with van der Waals surface area (Å²) in [6.45, 7) is 2.31. The lowest BCUT2D eigenvalue weighted by atomic mass is 10.1. The van der Waals surface area contributed by atoms with Gasteiger partial charge in [0.05, 0.1) is 4.47 Å². The average Bonchev–Trinajstić information content (AvgIpc) is 2.48. The molecule has 0 radical (unpaired) electrons. The minimum absolute atomic E-state index is 0.108. The fourth-order valence-corrected chi connectivity index (χ4v) is 2.76. The van der Waals surface area contributed by atoms with Crippen molar-refractivity contribution in [3.05, 3.63) is 57.6 Å². The van der Waals surface area contributed by atoms with Crippen molar-refractivity contribution in [2.75, 3.05) is 7.05 Å². The molecule has 0 bridgehead atoms. The molecular weight excluding hydrogens is 362 g/mol. The summed E-state index contributed by atoms with van der Waals surface area (Å²) in [4.78, 5) is 11.2. The van der Waals surface area contributed by atoms with Gasteiger partial charge in [0, 0.05) is 0 Å². The van der Waals surface area contributed by atoms with Crippen molar-refractivity contribution in [2.24, 2.45) is 0 Å². The fraction of sp³-hybridized carbons (Fsp3) is 0.235. The van der Waals surface area contributed by atoms with E-state index < -0.39 is 12.0 Å². The van der Waals surface area contributed by atoms with Gasteiger partial charge < -0.3 is 20.3 Å². The minimum Gasteiger partial charge on any atom is -0.504 e. The Balaban J connectivity index is 2.20. The highest BCUT2D eigenvalue weighted by atomic mass is 79.9. The minimum atomic E-state index is -1.02. The molecule has 0 heterocycles. The van der Waals surface area contributed by atoms with E-state index in [0.29, 0.717) is 16.6 Å². The molecule has 0 aromatic heterocycles. The number of nitrogens with one attached hydrogen (secondary N) is 1. The molecule has 3 N–H and O–H groups in total. The average molecular weight is 380 g/mol. The normalized spacial score (nSPS) is 12.0. The Kier molecular flexibility index (Phi) is 5.63. The smallest absolute Gasteiger partial charge is 0.325 e. The van der Waals surface area contributed by atoms with Crippen LogP contribution in [0.25, 0.3) is 0 Å². The molecule has 2 aromatic rings. The van der Waals surface area contributed by atoms with Crippen LogP contribution in [0.3, 0.4) is 0 Å². The first-order valence-corrected chi connectivity index (χ1v) is 7.82. The third-order valence-corrected chi connectivity index (χ3v) is 4.01. The van der Waals surface area contributed by atoms with Crippen molar-refractivity contribution < 1.29 is 19.7 Å². The number of ether oxygens (including phenoxy) is 1. The summed E-state index contributed by atoms with van der Waals surface area (Å²) >= 11 is 3.32. The van der Waals surface area contributed by atoms with E-state index in [0.717, 1.165) is 11.1 Å². The molecule has 0 amide bonds. The molecule has 0 aliphatic rings. The van der Waals surface area contributed by atoms with E-state index >= 15 is 0 Å². The van der Waals surface area contributed by atoms with Crippen molar-refractivity contribution in [3.8, 4) is 11.5 Å². The highest BCUT2D eigenvalue weighted by Crippen LogP contribution is 2.38. The number of aryl methyl sites for hydroxylation is 1. The third-order valence-electron chi connectivity index (χ3n) is 3.42. The Labute approximate surface area is 143 Å². The topological polar surface area (TPSA) is 78.8 Å².